The van der Waals surface area contributed by atoms with Crippen LogP contribution in [0.5, 0.6) is 0 Å². The van der Waals surface area contributed by atoms with Gasteiger partial charge in [0.2, 0.25) is 5.91 Å². The Bertz CT molecular complexity index is 1060. The molecule has 144 valence electrons. The number of benzene rings is 2. The maximum Gasteiger partial charge on any atom is 0.271 e. The molecular formula is C21H20BrN3O2S. The fourth-order valence-corrected chi connectivity index (χ4v) is 3.58. The van der Waals surface area contributed by atoms with Gasteiger partial charge in [-0.1, -0.05) is 45.4 Å². The molecule has 28 heavy (non-hydrogen) atoms. The number of carbonyl (C=O) groups is 1. The highest BCUT2D eigenvalue weighted by molar-refractivity contribution is 9.10. The molecule has 0 unspecified atom stereocenters. The molecule has 1 aromatic heterocycles. The molecule has 3 rings (SSSR count). The van der Waals surface area contributed by atoms with E-state index in [0.29, 0.717) is 10.7 Å². The molecule has 0 radical (unpaired) electrons. The third kappa shape index (κ3) is 4.91. The Morgan fingerprint density at radius 1 is 1.11 bits per heavy atom. The second-order valence-corrected chi connectivity index (χ2v) is 8.69. The molecule has 0 saturated heterocycles. The van der Waals surface area contributed by atoms with Crippen molar-refractivity contribution in [3.8, 4) is 5.69 Å². The third-order valence-electron chi connectivity index (χ3n) is 4.15. The summed E-state index contributed by atoms with van der Waals surface area (Å²) in [5, 5.41) is 7.56. The Morgan fingerprint density at radius 2 is 1.82 bits per heavy atom. The second kappa shape index (κ2) is 8.75. The van der Waals surface area contributed by atoms with Gasteiger partial charge in [-0.15, -0.1) is 0 Å². The van der Waals surface area contributed by atoms with Crippen LogP contribution in [-0.4, -0.2) is 20.9 Å². The maximum absolute atomic E-state index is 12.5. The minimum absolute atomic E-state index is 0.124. The van der Waals surface area contributed by atoms with Gasteiger partial charge < -0.3 is 5.32 Å². The monoisotopic (exact) mass is 457 g/mol. The molecule has 2 aromatic carbocycles. The zero-order valence-corrected chi connectivity index (χ0v) is 18.2. The highest BCUT2D eigenvalue weighted by atomic mass is 79.9. The van der Waals surface area contributed by atoms with Crippen molar-refractivity contribution in [1.29, 1.82) is 0 Å². The lowest BCUT2D eigenvalue weighted by Gasteiger charge is -2.13. The lowest BCUT2D eigenvalue weighted by Crippen LogP contribution is -2.24. The first kappa shape index (κ1) is 20.4. The van der Waals surface area contributed by atoms with Crippen molar-refractivity contribution in [2.75, 3.05) is 5.32 Å². The van der Waals surface area contributed by atoms with Crippen LogP contribution in [0.3, 0.4) is 0 Å². The number of aryl methyl sites for hydroxylation is 2. The van der Waals surface area contributed by atoms with Crippen LogP contribution < -0.4 is 10.9 Å². The quantitative estimate of drug-likeness (QED) is 0.562. The number of nitrogens with zero attached hydrogens (tertiary/aromatic N) is 2. The highest BCUT2D eigenvalue weighted by Gasteiger charge is 2.16. The molecule has 0 bridgehead atoms. The summed E-state index contributed by atoms with van der Waals surface area (Å²) in [5.74, 6) is -0.124. The van der Waals surface area contributed by atoms with Crippen LogP contribution in [0.25, 0.3) is 5.69 Å². The SMILES string of the molecule is Cc1ccc(-n2nc(S[C@@H](C)C(=O)Nc3ccc(Br)c(C)c3)ccc2=O)cc1. The van der Waals surface area contributed by atoms with Gasteiger partial charge in [-0.25, -0.2) is 0 Å². The van der Waals surface area contributed by atoms with Gasteiger partial charge in [-0.2, -0.15) is 9.78 Å². The average molecular weight is 458 g/mol. The molecule has 1 amide bonds. The van der Waals surface area contributed by atoms with E-state index in [1.807, 2.05) is 63.2 Å². The topological polar surface area (TPSA) is 64.0 Å². The molecule has 0 aliphatic carbocycles. The second-order valence-electron chi connectivity index (χ2n) is 6.47. The van der Waals surface area contributed by atoms with Crippen LogP contribution in [0.1, 0.15) is 18.1 Å². The number of thioether (sulfide) groups is 1. The van der Waals surface area contributed by atoms with Crippen molar-refractivity contribution in [2.45, 2.75) is 31.0 Å². The Kier molecular flexibility index (Phi) is 6.36. The number of hydrogen-bond acceptors (Lipinski definition) is 4. The number of nitrogens with one attached hydrogen (secondary N) is 1. The van der Waals surface area contributed by atoms with Crippen molar-refractivity contribution in [3.05, 3.63) is 80.6 Å². The minimum Gasteiger partial charge on any atom is -0.325 e. The number of amides is 1. The lowest BCUT2D eigenvalue weighted by atomic mass is 10.2. The first-order valence-corrected chi connectivity index (χ1v) is 10.4. The van der Waals surface area contributed by atoms with Gasteiger partial charge in [0.25, 0.3) is 5.56 Å². The molecular weight excluding hydrogens is 438 g/mol. The van der Waals surface area contributed by atoms with Crippen LogP contribution in [0.4, 0.5) is 5.69 Å². The summed E-state index contributed by atoms with van der Waals surface area (Å²) in [4.78, 5) is 24.7. The average Bonchev–Trinajstić information content (AvgIpc) is 2.67. The minimum atomic E-state index is -0.375. The fourth-order valence-electron chi connectivity index (χ4n) is 2.53. The van der Waals surface area contributed by atoms with Gasteiger partial charge in [0.15, 0.2) is 0 Å². The van der Waals surface area contributed by atoms with Crippen molar-refractivity contribution in [1.82, 2.24) is 9.78 Å². The van der Waals surface area contributed by atoms with E-state index < -0.39 is 0 Å². The summed E-state index contributed by atoms with van der Waals surface area (Å²) in [5.41, 5.74) is 3.38. The molecule has 1 atom stereocenters. The summed E-state index contributed by atoms with van der Waals surface area (Å²) in [6.45, 7) is 5.77. The predicted octanol–water partition coefficient (Wildman–Crippen LogP) is 4.73. The molecule has 0 fully saturated rings. The van der Waals surface area contributed by atoms with E-state index in [9.17, 15) is 9.59 Å². The maximum atomic E-state index is 12.5. The zero-order chi connectivity index (χ0) is 20.3. The first-order valence-electron chi connectivity index (χ1n) is 8.74. The molecule has 0 spiro atoms. The smallest absolute Gasteiger partial charge is 0.271 e. The molecule has 0 aliphatic rings. The molecule has 1 N–H and O–H groups in total. The number of rotatable bonds is 5. The third-order valence-corrected chi connectivity index (χ3v) is 6.06. The normalized spacial score (nSPS) is 11.9. The van der Waals surface area contributed by atoms with Gasteiger partial charge in [-0.05, 0) is 62.7 Å². The van der Waals surface area contributed by atoms with Gasteiger partial charge >= 0.3 is 0 Å². The summed E-state index contributed by atoms with van der Waals surface area (Å²) in [7, 11) is 0. The van der Waals surface area contributed by atoms with Gasteiger partial charge in [0.05, 0.1) is 10.9 Å². The van der Waals surface area contributed by atoms with Crippen LogP contribution in [0.15, 0.2) is 68.9 Å². The Hall–Kier alpha value is -2.38. The van der Waals surface area contributed by atoms with E-state index in [1.165, 1.54) is 22.5 Å². The number of halogens is 1. The number of aromatic nitrogens is 2. The van der Waals surface area contributed by atoms with Gasteiger partial charge in [-0.3, -0.25) is 9.59 Å². The molecule has 1 heterocycles. The Labute approximate surface area is 176 Å². The van der Waals surface area contributed by atoms with Crippen molar-refractivity contribution in [2.24, 2.45) is 0 Å². The summed E-state index contributed by atoms with van der Waals surface area (Å²) in [6, 6.07) is 16.3. The number of anilines is 1. The summed E-state index contributed by atoms with van der Waals surface area (Å²) >= 11 is 4.76. The highest BCUT2D eigenvalue weighted by Crippen LogP contribution is 2.24. The number of hydrogen-bond donors (Lipinski definition) is 1. The van der Waals surface area contributed by atoms with Crippen LogP contribution in [0, 0.1) is 13.8 Å². The summed E-state index contributed by atoms with van der Waals surface area (Å²) < 4.78 is 2.35. The molecule has 0 saturated carbocycles. The van der Waals surface area contributed by atoms with E-state index in [-0.39, 0.29) is 16.7 Å². The summed E-state index contributed by atoms with van der Waals surface area (Å²) in [6.07, 6.45) is 0. The molecule has 7 heteroatoms. The first-order chi connectivity index (χ1) is 13.3. The molecule has 3 aromatic rings. The lowest BCUT2D eigenvalue weighted by molar-refractivity contribution is -0.115. The van der Waals surface area contributed by atoms with Crippen molar-refractivity contribution in [3.63, 3.8) is 0 Å². The van der Waals surface area contributed by atoms with E-state index in [4.69, 9.17) is 0 Å². The fraction of sp³-hybridized carbons (Fsp3) is 0.190. The van der Waals surface area contributed by atoms with Gasteiger partial charge in [0, 0.05) is 16.2 Å². The van der Waals surface area contributed by atoms with E-state index in [2.05, 4.69) is 26.3 Å². The van der Waals surface area contributed by atoms with E-state index in [0.717, 1.165) is 21.3 Å². The zero-order valence-electron chi connectivity index (χ0n) is 15.8. The van der Waals surface area contributed by atoms with Crippen LogP contribution in [-0.2, 0) is 4.79 Å². The standard InChI is InChI=1S/C21H20BrN3O2S/c1-13-4-7-17(8-5-13)25-20(26)11-10-19(24-25)28-15(3)21(27)23-16-6-9-18(22)14(2)12-16/h4-12,15H,1-3H3,(H,23,27)/t15-/m0/s1. The Morgan fingerprint density at radius 3 is 2.50 bits per heavy atom. The van der Waals surface area contributed by atoms with Crippen molar-refractivity contribution >= 4 is 39.3 Å². The largest absolute Gasteiger partial charge is 0.325 e. The van der Waals surface area contributed by atoms with E-state index >= 15 is 0 Å². The van der Waals surface area contributed by atoms with E-state index in [1.54, 1.807) is 6.07 Å². The molecule has 5 nitrogen and oxygen atoms in total. The Balaban J connectivity index is 1.74. The van der Waals surface area contributed by atoms with Crippen LogP contribution >= 0.6 is 27.7 Å². The molecule has 0 aliphatic heterocycles. The van der Waals surface area contributed by atoms with Crippen molar-refractivity contribution < 1.29 is 4.79 Å². The van der Waals surface area contributed by atoms with Gasteiger partial charge in [0.1, 0.15) is 5.03 Å². The number of carbonyl (C=O) groups excluding carboxylic acids is 1. The van der Waals surface area contributed by atoms with Crippen LogP contribution in [0.2, 0.25) is 0 Å². The predicted molar refractivity (Wildman–Crippen MR) is 117 cm³/mol.